The second kappa shape index (κ2) is 6.43. The lowest BCUT2D eigenvalue weighted by Gasteiger charge is -2.10. The molecule has 0 atom stereocenters. The molecule has 0 unspecified atom stereocenters. The van der Waals surface area contributed by atoms with Gasteiger partial charge in [-0.1, -0.05) is 25.4 Å². The molecule has 4 nitrogen and oxygen atoms in total. The number of hydrogen-bond acceptors (Lipinski definition) is 4. The molecule has 1 aromatic rings. The van der Waals surface area contributed by atoms with Gasteiger partial charge in [-0.05, 0) is 34.0 Å². The van der Waals surface area contributed by atoms with Crippen molar-refractivity contribution in [2.24, 2.45) is 5.92 Å². The minimum atomic E-state index is -3.95. The summed E-state index contributed by atoms with van der Waals surface area (Å²) in [5.41, 5.74) is -0.0454. The molecule has 0 heterocycles. The number of esters is 1. The van der Waals surface area contributed by atoms with Gasteiger partial charge in [0.05, 0.1) is 22.1 Å². The van der Waals surface area contributed by atoms with Crippen molar-refractivity contribution in [3.05, 3.63) is 27.2 Å². The Labute approximate surface area is 129 Å². The number of ether oxygens (including phenoxy) is 1. The molecule has 1 rings (SSSR count). The highest BCUT2D eigenvalue weighted by Gasteiger charge is 2.20. The highest BCUT2D eigenvalue weighted by Crippen LogP contribution is 2.31. The second-order valence-electron chi connectivity index (χ2n) is 4.20. The lowest BCUT2D eigenvalue weighted by atomic mass is 10.2. The normalized spacial score (nSPS) is 11.7. The third kappa shape index (κ3) is 4.63. The van der Waals surface area contributed by atoms with Crippen molar-refractivity contribution in [3.63, 3.8) is 0 Å². The molecule has 0 bridgehead atoms. The zero-order chi connectivity index (χ0) is 14.8. The summed E-state index contributed by atoms with van der Waals surface area (Å²) < 4.78 is 27.8. The van der Waals surface area contributed by atoms with Gasteiger partial charge in [0.2, 0.25) is 0 Å². The van der Waals surface area contributed by atoms with Gasteiger partial charge >= 0.3 is 5.97 Å². The molecule has 0 aliphatic rings. The van der Waals surface area contributed by atoms with Crippen LogP contribution in [0.1, 0.15) is 24.2 Å². The predicted octanol–water partition coefficient (Wildman–Crippen LogP) is 3.84. The molecular weight excluding hydrogens is 379 g/mol. The van der Waals surface area contributed by atoms with E-state index in [0.717, 1.165) is 6.07 Å². The first-order valence-corrected chi connectivity index (χ1v) is 8.71. The van der Waals surface area contributed by atoms with Crippen molar-refractivity contribution >= 4 is 53.2 Å². The Morgan fingerprint density at radius 1 is 1.42 bits per heavy atom. The second-order valence-corrected chi connectivity index (χ2v) is 8.00. The molecule has 0 N–H and O–H groups in total. The lowest BCUT2D eigenvalue weighted by Crippen LogP contribution is -2.11. The van der Waals surface area contributed by atoms with Crippen LogP contribution in [0, 0.1) is 5.92 Å². The van der Waals surface area contributed by atoms with Gasteiger partial charge < -0.3 is 4.74 Å². The Bertz CT molecular complexity index is 599. The Hall–Kier alpha value is -0.300. The standard InChI is InChI=1S/C11H11BrCl2O4S/c1-6(2)5-18-11(15)8-3-7(19(14,16)17)4-9(12)10(8)13/h3-4,6H,5H2,1-2H3. The number of benzene rings is 1. The largest absolute Gasteiger partial charge is 0.462 e. The highest BCUT2D eigenvalue weighted by molar-refractivity contribution is 9.10. The van der Waals surface area contributed by atoms with Gasteiger partial charge in [-0.15, -0.1) is 0 Å². The molecule has 8 heteroatoms. The van der Waals surface area contributed by atoms with Gasteiger partial charge in [0.1, 0.15) is 0 Å². The zero-order valence-electron chi connectivity index (χ0n) is 10.1. The minimum absolute atomic E-state index is 0.0454. The first-order valence-electron chi connectivity index (χ1n) is 5.23. The third-order valence-corrected chi connectivity index (χ3v) is 4.65. The Morgan fingerprint density at radius 2 is 2.00 bits per heavy atom. The maximum Gasteiger partial charge on any atom is 0.339 e. The summed E-state index contributed by atoms with van der Waals surface area (Å²) >= 11 is 9.01. The van der Waals surface area contributed by atoms with Crippen molar-refractivity contribution in [1.82, 2.24) is 0 Å². The van der Waals surface area contributed by atoms with Crippen LogP contribution in [0.3, 0.4) is 0 Å². The predicted molar refractivity (Wildman–Crippen MR) is 77.3 cm³/mol. The SMILES string of the molecule is CC(C)COC(=O)c1cc(S(=O)(=O)Cl)cc(Br)c1Cl. The molecule has 106 valence electrons. The quantitative estimate of drug-likeness (QED) is 0.579. The number of carbonyl (C=O) groups excluding carboxylic acids is 1. The van der Waals surface area contributed by atoms with Crippen molar-refractivity contribution in [2.75, 3.05) is 6.61 Å². The summed E-state index contributed by atoms with van der Waals surface area (Å²) in [6.07, 6.45) is 0. The average molecular weight is 390 g/mol. The van der Waals surface area contributed by atoms with Crippen molar-refractivity contribution in [3.8, 4) is 0 Å². The molecule has 0 aromatic heterocycles. The van der Waals surface area contributed by atoms with Gasteiger partial charge in [-0.2, -0.15) is 0 Å². The van der Waals surface area contributed by atoms with Crippen LogP contribution in [-0.4, -0.2) is 21.0 Å². The molecule has 0 radical (unpaired) electrons. The molecule has 0 saturated heterocycles. The smallest absolute Gasteiger partial charge is 0.339 e. The fourth-order valence-electron chi connectivity index (χ4n) is 1.17. The zero-order valence-corrected chi connectivity index (χ0v) is 14.0. The summed E-state index contributed by atoms with van der Waals surface area (Å²) in [4.78, 5) is 11.6. The van der Waals surface area contributed by atoms with Crippen LogP contribution in [0.2, 0.25) is 5.02 Å². The minimum Gasteiger partial charge on any atom is -0.462 e. The van der Waals surface area contributed by atoms with Gasteiger partial charge in [0.25, 0.3) is 9.05 Å². The summed E-state index contributed by atoms with van der Waals surface area (Å²) in [7, 11) is 1.29. The van der Waals surface area contributed by atoms with Crippen LogP contribution in [0.4, 0.5) is 0 Å². The van der Waals surface area contributed by atoms with Gasteiger partial charge in [-0.25, -0.2) is 13.2 Å². The molecule has 0 spiro atoms. The Balaban J connectivity index is 3.20. The highest BCUT2D eigenvalue weighted by atomic mass is 79.9. The summed E-state index contributed by atoms with van der Waals surface area (Å²) in [5, 5.41) is 0.0813. The Morgan fingerprint density at radius 3 is 2.47 bits per heavy atom. The molecule has 0 aliphatic heterocycles. The maximum atomic E-state index is 11.8. The van der Waals surface area contributed by atoms with E-state index in [-0.39, 0.29) is 32.5 Å². The summed E-state index contributed by atoms with van der Waals surface area (Å²) in [6.45, 7) is 3.97. The fourth-order valence-corrected chi connectivity index (χ4v) is 2.76. The van der Waals surface area contributed by atoms with Crippen LogP contribution >= 0.6 is 38.2 Å². The number of halogens is 3. The van der Waals surface area contributed by atoms with Crippen molar-refractivity contribution in [2.45, 2.75) is 18.7 Å². The van der Waals surface area contributed by atoms with E-state index in [2.05, 4.69) is 15.9 Å². The molecule has 0 saturated carbocycles. The fraction of sp³-hybridized carbons (Fsp3) is 0.364. The first kappa shape index (κ1) is 16.8. The van der Waals surface area contributed by atoms with E-state index >= 15 is 0 Å². The van der Waals surface area contributed by atoms with E-state index < -0.39 is 15.0 Å². The molecule has 1 aromatic carbocycles. The third-order valence-electron chi connectivity index (χ3n) is 2.05. The first-order chi connectivity index (χ1) is 8.62. The van der Waals surface area contributed by atoms with Crippen LogP contribution < -0.4 is 0 Å². The van der Waals surface area contributed by atoms with E-state index in [1.165, 1.54) is 6.07 Å². The number of hydrogen-bond donors (Lipinski definition) is 0. The van der Waals surface area contributed by atoms with Crippen LogP contribution in [0.15, 0.2) is 21.5 Å². The van der Waals surface area contributed by atoms with E-state index in [1.807, 2.05) is 13.8 Å². The molecular formula is C11H11BrCl2O4S. The summed E-state index contributed by atoms with van der Waals surface area (Å²) in [5.74, 6) is -0.535. The van der Waals surface area contributed by atoms with Crippen molar-refractivity contribution in [1.29, 1.82) is 0 Å². The maximum absolute atomic E-state index is 11.8. The van der Waals surface area contributed by atoms with Gasteiger partial charge in [0, 0.05) is 15.2 Å². The molecule has 0 amide bonds. The van der Waals surface area contributed by atoms with E-state index in [9.17, 15) is 13.2 Å². The lowest BCUT2D eigenvalue weighted by molar-refractivity contribution is 0.0459. The monoisotopic (exact) mass is 388 g/mol. The van der Waals surface area contributed by atoms with Crippen molar-refractivity contribution < 1.29 is 17.9 Å². The molecule has 19 heavy (non-hydrogen) atoms. The van der Waals surface area contributed by atoms with Crippen LogP contribution in [-0.2, 0) is 13.8 Å². The van der Waals surface area contributed by atoms with E-state index in [1.54, 1.807) is 0 Å². The van der Waals surface area contributed by atoms with E-state index in [4.69, 9.17) is 27.0 Å². The summed E-state index contributed by atoms with van der Waals surface area (Å²) in [6, 6.07) is 2.32. The van der Waals surface area contributed by atoms with E-state index in [0.29, 0.717) is 0 Å². The van der Waals surface area contributed by atoms with Crippen LogP contribution in [0.5, 0.6) is 0 Å². The molecule has 0 aliphatic carbocycles. The number of rotatable bonds is 4. The van der Waals surface area contributed by atoms with Gasteiger partial charge in [0.15, 0.2) is 0 Å². The number of carbonyl (C=O) groups is 1. The Kier molecular flexibility index (Phi) is 5.67. The van der Waals surface area contributed by atoms with Gasteiger partial charge in [-0.3, -0.25) is 0 Å². The molecule has 0 fully saturated rings. The van der Waals surface area contributed by atoms with Crippen LogP contribution in [0.25, 0.3) is 0 Å². The topological polar surface area (TPSA) is 60.4 Å². The average Bonchev–Trinajstić information content (AvgIpc) is 2.27.